The summed E-state index contributed by atoms with van der Waals surface area (Å²) in [5, 5.41) is 1.38. The highest BCUT2D eigenvalue weighted by Gasteiger charge is 2.09. The van der Waals surface area contributed by atoms with Crippen LogP contribution in [0.4, 0.5) is 0 Å². The van der Waals surface area contributed by atoms with E-state index in [2.05, 4.69) is 32.6 Å². The molecule has 0 aliphatic carbocycles. The van der Waals surface area contributed by atoms with Crippen LogP contribution in [0.1, 0.15) is 33.1 Å². The van der Waals surface area contributed by atoms with Crippen LogP contribution >= 0.6 is 21.8 Å². The molecule has 0 aliphatic rings. The van der Waals surface area contributed by atoms with Gasteiger partial charge in [0.1, 0.15) is 0 Å². The predicted molar refractivity (Wildman–Crippen MR) is 71.4 cm³/mol. The van der Waals surface area contributed by atoms with Crippen molar-refractivity contribution in [1.29, 1.82) is 0 Å². The van der Waals surface area contributed by atoms with Crippen LogP contribution in [0, 0.1) is 5.92 Å². The molecule has 0 aromatic carbocycles. The van der Waals surface area contributed by atoms with Crippen molar-refractivity contribution in [2.45, 2.75) is 33.1 Å². The molecule has 0 N–H and O–H groups in total. The van der Waals surface area contributed by atoms with Gasteiger partial charge in [-0.2, -0.15) is 11.8 Å². The van der Waals surface area contributed by atoms with Crippen LogP contribution in [0.3, 0.4) is 0 Å². The molecule has 0 saturated carbocycles. The number of hydrogen-bond acceptors (Lipinski definition) is 1. The lowest BCUT2D eigenvalue weighted by atomic mass is 10.1. The summed E-state index contributed by atoms with van der Waals surface area (Å²) in [6, 6.07) is 0. The normalized spacial score (nSPS) is 13.7. The van der Waals surface area contributed by atoms with E-state index in [-0.39, 0.29) is 10.0 Å². The Kier molecular flexibility index (Phi) is 7.43. The molecule has 13 heavy (non-hydrogen) atoms. The third kappa shape index (κ3) is 9.01. The lowest BCUT2D eigenvalue weighted by Gasteiger charge is -2.30. The molecule has 0 nitrogen and oxygen atoms in total. The van der Waals surface area contributed by atoms with Gasteiger partial charge in [-0.15, -0.1) is 0 Å². The minimum atomic E-state index is -0.267. The van der Waals surface area contributed by atoms with Crippen molar-refractivity contribution >= 4 is 21.8 Å². The van der Waals surface area contributed by atoms with Crippen molar-refractivity contribution in [3.8, 4) is 0 Å². The van der Waals surface area contributed by atoms with Crippen LogP contribution in [-0.4, -0.2) is 29.6 Å². The molecule has 0 fully saturated rings. The minimum absolute atomic E-state index is 0.267. The van der Waals surface area contributed by atoms with Gasteiger partial charge in [-0.1, -0.05) is 26.7 Å². The first-order chi connectivity index (χ1) is 5.98. The van der Waals surface area contributed by atoms with Gasteiger partial charge in [-0.05, 0) is 36.9 Å². The van der Waals surface area contributed by atoms with Gasteiger partial charge in [-0.25, -0.2) is 10.0 Å². The van der Waals surface area contributed by atoms with Crippen LogP contribution in [0.25, 0.3) is 0 Å². The molecule has 0 aromatic rings. The smallest absolute Gasteiger partial charge is 0.0228 e. The summed E-state index contributed by atoms with van der Waals surface area (Å²) in [6.07, 6.45) is 11.5. The van der Waals surface area contributed by atoms with E-state index in [9.17, 15) is 0 Å². The molecule has 0 radical (unpaired) electrons. The minimum Gasteiger partial charge on any atom is -0.238 e. The third-order valence-corrected chi connectivity index (χ3v) is 7.05. The van der Waals surface area contributed by atoms with Crippen molar-refractivity contribution in [1.82, 2.24) is 0 Å². The van der Waals surface area contributed by atoms with Crippen molar-refractivity contribution in [2.24, 2.45) is 5.92 Å². The fourth-order valence-electron chi connectivity index (χ4n) is 1.42. The third-order valence-electron chi connectivity index (χ3n) is 2.17. The second-order valence-electron chi connectivity index (χ2n) is 4.77. The van der Waals surface area contributed by atoms with Gasteiger partial charge >= 0.3 is 0 Å². The first-order valence-corrected chi connectivity index (χ1v) is 9.34. The van der Waals surface area contributed by atoms with Gasteiger partial charge in [0.25, 0.3) is 0 Å². The number of thioether (sulfide) groups is 1. The Morgan fingerprint density at radius 2 is 1.77 bits per heavy atom. The number of rotatable bonds is 7. The second-order valence-corrected chi connectivity index (χ2v) is 10.2. The summed E-state index contributed by atoms with van der Waals surface area (Å²) in [6.45, 7) is 4.64. The fraction of sp³-hybridized carbons (Fsp3) is 1.00. The van der Waals surface area contributed by atoms with Gasteiger partial charge in [0.15, 0.2) is 0 Å². The largest absolute Gasteiger partial charge is 0.238 e. The lowest BCUT2D eigenvalue weighted by molar-refractivity contribution is 0.551. The molecule has 0 atom stereocenters. The van der Waals surface area contributed by atoms with Gasteiger partial charge in [0.05, 0.1) is 0 Å². The zero-order valence-electron chi connectivity index (χ0n) is 9.93. The van der Waals surface area contributed by atoms with Gasteiger partial charge in [0, 0.05) is 5.08 Å². The Hall–Kier alpha value is 0.700. The average Bonchev–Trinajstić information content (AvgIpc) is 1.98. The fourth-order valence-corrected chi connectivity index (χ4v) is 5.43. The van der Waals surface area contributed by atoms with Gasteiger partial charge < -0.3 is 0 Å². The summed E-state index contributed by atoms with van der Waals surface area (Å²) in [4.78, 5) is 0. The summed E-state index contributed by atoms with van der Waals surface area (Å²) >= 11 is 2.01. The summed E-state index contributed by atoms with van der Waals surface area (Å²) in [7, 11) is -0.267. The molecular weight excluding hydrogens is 196 g/mol. The molecular formula is C11H26S2. The molecule has 0 heterocycles. The zero-order valence-corrected chi connectivity index (χ0v) is 11.6. The monoisotopic (exact) mass is 222 g/mol. The molecule has 82 valence electrons. The summed E-state index contributed by atoms with van der Waals surface area (Å²) in [5.41, 5.74) is 0. The highest BCUT2D eigenvalue weighted by molar-refractivity contribution is 8.38. The maximum absolute atomic E-state index is 2.47. The quantitative estimate of drug-likeness (QED) is 0.582. The van der Waals surface area contributed by atoms with Crippen molar-refractivity contribution < 1.29 is 0 Å². The molecule has 2 heteroatoms. The van der Waals surface area contributed by atoms with Gasteiger partial charge in [0.2, 0.25) is 0 Å². The van der Waals surface area contributed by atoms with E-state index in [1.165, 1.54) is 30.1 Å². The highest BCUT2D eigenvalue weighted by atomic mass is 32.3. The summed E-state index contributed by atoms with van der Waals surface area (Å²) in [5.74, 6) is 2.36. The Labute approximate surface area is 90.6 Å². The average molecular weight is 222 g/mol. The lowest BCUT2D eigenvalue weighted by Crippen LogP contribution is -2.04. The van der Waals surface area contributed by atoms with Crippen LogP contribution in [-0.2, 0) is 0 Å². The molecule has 0 amide bonds. The Balaban J connectivity index is 3.40. The van der Waals surface area contributed by atoms with E-state index < -0.39 is 0 Å². The SMILES string of the molecule is CSCS(C)(C)CCCCC(C)C. The molecule has 0 unspecified atom stereocenters. The molecule has 0 bridgehead atoms. The molecule has 0 spiro atoms. The first kappa shape index (κ1) is 13.7. The van der Waals surface area contributed by atoms with Crippen molar-refractivity contribution in [3.05, 3.63) is 0 Å². The second kappa shape index (κ2) is 7.05. The van der Waals surface area contributed by atoms with Crippen molar-refractivity contribution in [2.75, 3.05) is 29.6 Å². The summed E-state index contributed by atoms with van der Waals surface area (Å²) < 4.78 is 0. The van der Waals surface area contributed by atoms with E-state index in [0.29, 0.717) is 0 Å². The Bertz CT molecular complexity index is 119. The maximum atomic E-state index is 2.47. The van der Waals surface area contributed by atoms with Crippen molar-refractivity contribution in [3.63, 3.8) is 0 Å². The molecule has 0 aliphatic heterocycles. The number of hydrogen-bond donors (Lipinski definition) is 0. The zero-order chi connectivity index (χ0) is 10.3. The van der Waals surface area contributed by atoms with E-state index >= 15 is 0 Å². The van der Waals surface area contributed by atoms with Gasteiger partial charge in [-0.3, -0.25) is 0 Å². The molecule has 0 saturated heterocycles. The predicted octanol–water partition coefficient (Wildman–Crippen LogP) is 4.20. The maximum Gasteiger partial charge on any atom is 0.0228 e. The van der Waals surface area contributed by atoms with E-state index in [0.717, 1.165) is 5.92 Å². The standard InChI is InChI=1S/C11H26S2/c1-11(2)8-6-7-9-13(4,5)10-12-3/h11H,6-10H2,1-5H3. The van der Waals surface area contributed by atoms with Crippen LogP contribution < -0.4 is 0 Å². The topological polar surface area (TPSA) is 0 Å². The first-order valence-electron chi connectivity index (χ1n) is 5.15. The van der Waals surface area contributed by atoms with Crippen LogP contribution in [0.15, 0.2) is 0 Å². The Morgan fingerprint density at radius 3 is 2.23 bits per heavy atom. The van der Waals surface area contributed by atoms with E-state index in [1.54, 1.807) is 0 Å². The van der Waals surface area contributed by atoms with Crippen LogP contribution in [0.5, 0.6) is 0 Å². The molecule has 0 aromatic heterocycles. The number of unbranched alkanes of at least 4 members (excludes halogenated alkanes) is 1. The Morgan fingerprint density at radius 1 is 1.15 bits per heavy atom. The van der Waals surface area contributed by atoms with Crippen LogP contribution in [0.2, 0.25) is 0 Å². The highest BCUT2D eigenvalue weighted by Crippen LogP contribution is 2.43. The van der Waals surface area contributed by atoms with E-state index in [1.807, 2.05) is 11.8 Å². The van der Waals surface area contributed by atoms with E-state index in [4.69, 9.17) is 0 Å². The molecule has 0 rings (SSSR count).